The van der Waals surface area contributed by atoms with Crippen molar-refractivity contribution in [3.05, 3.63) is 35.9 Å². The summed E-state index contributed by atoms with van der Waals surface area (Å²) in [5, 5.41) is 11.8. The molecule has 1 heterocycles. The van der Waals surface area contributed by atoms with E-state index in [1.165, 1.54) is 5.56 Å². The SMILES string of the molecule is O=C1NC(CO)CCC1Cc1ccccc1. The largest absolute Gasteiger partial charge is 0.394 e. The average molecular weight is 219 g/mol. The summed E-state index contributed by atoms with van der Waals surface area (Å²) in [5.74, 6) is 0.138. The van der Waals surface area contributed by atoms with Crippen LogP contribution in [0.2, 0.25) is 0 Å². The molecule has 0 bridgehead atoms. The number of aliphatic hydroxyl groups is 1. The number of amides is 1. The standard InChI is InChI=1S/C13H17NO2/c15-9-12-7-6-11(13(16)14-12)8-10-4-2-1-3-5-10/h1-5,11-12,15H,6-9H2,(H,14,16). The number of aliphatic hydroxyl groups excluding tert-OH is 1. The van der Waals surface area contributed by atoms with Crippen LogP contribution in [0.25, 0.3) is 0 Å². The highest BCUT2D eigenvalue weighted by atomic mass is 16.3. The second-order valence-electron chi connectivity index (χ2n) is 4.35. The van der Waals surface area contributed by atoms with Gasteiger partial charge in [-0.1, -0.05) is 30.3 Å². The van der Waals surface area contributed by atoms with Gasteiger partial charge in [-0.25, -0.2) is 0 Å². The monoisotopic (exact) mass is 219 g/mol. The molecule has 1 amide bonds. The highest BCUT2D eigenvalue weighted by Crippen LogP contribution is 2.19. The zero-order valence-electron chi connectivity index (χ0n) is 9.23. The van der Waals surface area contributed by atoms with Gasteiger partial charge in [-0.3, -0.25) is 4.79 Å². The molecule has 0 spiro atoms. The molecule has 1 fully saturated rings. The summed E-state index contributed by atoms with van der Waals surface area (Å²) in [7, 11) is 0. The van der Waals surface area contributed by atoms with Crippen molar-refractivity contribution in [2.75, 3.05) is 6.61 Å². The lowest BCUT2D eigenvalue weighted by molar-refractivity contribution is -0.128. The number of hydrogen-bond acceptors (Lipinski definition) is 2. The fourth-order valence-corrected chi connectivity index (χ4v) is 2.15. The van der Waals surface area contributed by atoms with Gasteiger partial charge >= 0.3 is 0 Å². The van der Waals surface area contributed by atoms with Gasteiger partial charge in [-0.05, 0) is 24.8 Å². The molecule has 16 heavy (non-hydrogen) atoms. The first-order chi connectivity index (χ1) is 7.79. The van der Waals surface area contributed by atoms with Crippen molar-refractivity contribution in [2.45, 2.75) is 25.3 Å². The molecule has 2 atom stereocenters. The molecule has 2 N–H and O–H groups in total. The number of hydrogen-bond donors (Lipinski definition) is 2. The van der Waals surface area contributed by atoms with Gasteiger partial charge in [0.05, 0.1) is 12.6 Å². The number of carbonyl (C=O) groups excluding carboxylic acids is 1. The van der Waals surface area contributed by atoms with Gasteiger partial charge in [0.25, 0.3) is 0 Å². The Balaban J connectivity index is 1.94. The zero-order valence-corrected chi connectivity index (χ0v) is 9.23. The van der Waals surface area contributed by atoms with Crippen LogP contribution < -0.4 is 5.32 Å². The van der Waals surface area contributed by atoms with Crippen LogP contribution in [0.3, 0.4) is 0 Å². The topological polar surface area (TPSA) is 49.3 Å². The maximum atomic E-state index is 11.7. The van der Waals surface area contributed by atoms with E-state index in [-0.39, 0.29) is 24.5 Å². The van der Waals surface area contributed by atoms with Crippen molar-refractivity contribution in [3.8, 4) is 0 Å². The third kappa shape index (κ3) is 2.61. The van der Waals surface area contributed by atoms with Crippen molar-refractivity contribution in [2.24, 2.45) is 5.92 Å². The third-order valence-electron chi connectivity index (χ3n) is 3.13. The maximum absolute atomic E-state index is 11.7. The van der Waals surface area contributed by atoms with Crippen molar-refractivity contribution in [1.82, 2.24) is 5.32 Å². The van der Waals surface area contributed by atoms with Gasteiger partial charge in [0, 0.05) is 5.92 Å². The molecular formula is C13H17NO2. The summed E-state index contributed by atoms with van der Waals surface area (Å²) in [6.07, 6.45) is 2.54. The van der Waals surface area contributed by atoms with Gasteiger partial charge in [-0.15, -0.1) is 0 Å². The van der Waals surface area contributed by atoms with E-state index in [1.54, 1.807) is 0 Å². The number of benzene rings is 1. The van der Waals surface area contributed by atoms with Gasteiger partial charge < -0.3 is 10.4 Å². The highest BCUT2D eigenvalue weighted by Gasteiger charge is 2.27. The summed E-state index contributed by atoms with van der Waals surface area (Å²) in [5.41, 5.74) is 1.20. The molecule has 1 aliphatic heterocycles. The Morgan fingerprint density at radius 1 is 1.25 bits per heavy atom. The van der Waals surface area contributed by atoms with E-state index < -0.39 is 0 Å². The number of nitrogens with one attached hydrogen (secondary N) is 1. The Labute approximate surface area is 95.5 Å². The number of rotatable bonds is 3. The Morgan fingerprint density at radius 2 is 2.00 bits per heavy atom. The molecule has 0 saturated carbocycles. The zero-order chi connectivity index (χ0) is 11.4. The first-order valence-corrected chi connectivity index (χ1v) is 5.74. The van der Waals surface area contributed by atoms with Gasteiger partial charge in [0.15, 0.2) is 0 Å². The summed E-state index contributed by atoms with van der Waals surface area (Å²) >= 11 is 0. The summed E-state index contributed by atoms with van der Waals surface area (Å²) in [4.78, 5) is 11.7. The quantitative estimate of drug-likeness (QED) is 0.800. The van der Waals surface area contributed by atoms with E-state index in [2.05, 4.69) is 5.32 Å². The molecule has 1 aromatic rings. The third-order valence-corrected chi connectivity index (χ3v) is 3.13. The minimum Gasteiger partial charge on any atom is -0.394 e. The maximum Gasteiger partial charge on any atom is 0.223 e. The summed E-state index contributed by atoms with van der Waals surface area (Å²) in [6, 6.07) is 10.0. The molecule has 1 aliphatic rings. The molecule has 3 heteroatoms. The fourth-order valence-electron chi connectivity index (χ4n) is 2.15. The van der Waals surface area contributed by atoms with E-state index in [0.29, 0.717) is 0 Å². The molecule has 86 valence electrons. The van der Waals surface area contributed by atoms with Crippen LogP contribution >= 0.6 is 0 Å². The van der Waals surface area contributed by atoms with Crippen LogP contribution in [0.5, 0.6) is 0 Å². The molecule has 1 saturated heterocycles. The lowest BCUT2D eigenvalue weighted by Crippen LogP contribution is -2.46. The van der Waals surface area contributed by atoms with Crippen molar-refractivity contribution >= 4 is 5.91 Å². The Hall–Kier alpha value is -1.35. The van der Waals surface area contributed by atoms with E-state index in [1.807, 2.05) is 30.3 Å². The van der Waals surface area contributed by atoms with E-state index in [4.69, 9.17) is 5.11 Å². The predicted octanol–water partition coefficient (Wildman–Crippen LogP) is 1.12. The van der Waals surface area contributed by atoms with Gasteiger partial charge in [-0.2, -0.15) is 0 Å². The minimum absolute atomic E-state index is 0.0421. The molecule has 0 aromatic heterocycles. The van der Waals surface area contributed by atoms with Crippen molar-refractivity contribution in [3.63, 3.8) is 0 Å². The van der Waals surface area contributed by atoms with E-state index in [9.17, 15) is 4.79 Å². The van der Waals surface area contributed by atoms with Crippen molar-refractivity contribution in [1.29, 1.82) is 0 Å². The van der Waals surface area contributed by atoms with Crippen LogP contribution in [0.4, 0.5) is 0 Å². The molecular weight excluding hydrogens is 202 g/mol. The summed E-state index contributed by atoms with van der Waals surface area (Å²) in [6.45, 7) is 0.0454. The van der Waals surface area contributed by atoms with Crippen LogP contribution in [0.15, 0.2) is 30.3 Å². The van der Waals surface area contributed by atoms with Gasteiger partial charge in [0.2, 0.25) is 5.91 Å². The first-order valence-electron chi connectivity index (χ1n) is 5.74. The average Bonchev–Trinajstić information content (AvgIpc) is 2.33. The molecule has 1 aromatic carbocycles. The Kier molecular flexibility index (Phi) is 3.57. The first kappa shape index (κ1) is 11.1. The molecule has 2 rings (SSSR count). The van der Waals surface area contributed by atoms with Crippen LogP contribution in [-0.2, 0) is 11.2 Å². The normalized spacial score (nSPS) is 25.2. The minimum atomic E-state index is -0.0421. The molecule has 0 radical (unpaired) electrons. The van der Waals surface area contributed by atoms with Crippen LogP contribution in [0.1, 0.15) is 18.4 Å². The second kappa shape index (κ2) is 5.12. The smallest absolute Gasteiger partial charge is 0.223 e. The highest BCUT2D eigenvalue weighted by molar-refractivity contribution is 5.80. The van der Waals surface area contributed by atoms with Crippen molar-refractivity contribution < 1.29 is 9.90 Å². The fraction of sp³-hybridized carbons (Fsp3) is 0.462. The molecule has 2 unspecified atom stereocenters. The number of carbonyl (C=O) groups is 1. The number of piperidine rings is 1. The predicted molar refractivity (Wildman–Crippen MR) is 61.9 cm³/mol. The Bertz CT molecular complexity index is 350. The van der Waals surface area contributed by atoms with Crippen LogP contribution in [0, 0.1) is 5.92 Å². The lowest BCUT2D eigenvalue weighted by atomic mass is 9.89. The van der Waals surface area contributed by atoms with Crippen LogP contribution in [-0.4, -0.2) is 23.7 Å². The van der Waals surface area contributed by atoms with Gasteiger partial charge in [0.1, 0.15) is 0 Å². The lowest BCUT2D eigenvalue weighted by Gasteiger charge is -2.27. The van der Waals surface area contributed by atoms with E-state index >= 15 is 0 Å². The second-order valence-corrected chi connectivity index (χ2v) is 4.35. The Morgan fingerprint density at radius 3 is 2.62 bits per heavy atom. The van der Waals surface area contributed by atoms with E-state index in [0.717, 1.165) is 19.3 Å². The summed E-state index contributed by atoms with van der Waals surface area (Å²) < 4.78 is 0. The molecule has 3 nitrogen and oxygen atoms in total. The molecule has 0 aliphatic carbocycles.